The zero-order chi connectivity index (χ0) is 32.4. The van der Waals surface area contributed by atoms with Crippen molar-refractivity contribution in [2.75, 3.05) is 13.2 Å². The van der Waals surface area contributed by atoms with Gasteiger partial charge in [0.1, 0.15) is 13.2 Å². The van der Waals surface area contributed by atoms with Crippen molar-refractivity contribution in [1.82, 2.24) is 0 Å². The third kappa shape index (κ3) is 30.8. The first-order valence-electron chi connectivity index (χ1n) is 17.6. The van der Waals surface area contributed by atoms with Gasteiger partial charge in [0.15, 0.2) is 6.10 Å². The summed E-state index contributed by atoms with van der Waals surface area (Å²) in [6.45, 7) is 6.29. The van der Waals surface area contributed by atoms with Crippen LogP contribution in [-0.2, 0) is 28.6 Å². The van der Waals surface area contributed by atoms with Crippen LogP contribution in [0.2, 0.25) is 0 Å². The predicted molar refractivity (Wildman–Crippen MR) is 182 cm³/mol. The third-order valence-corrected chi connectivity index (χ3v) is 7.11. The summed E-state index contributed by atoms with van der Waals surface area (Å²) >= 11 is 0. The molecular weight excluding hydrogens is 552 g/mol. The van der Waals surface area contributed by atoms with E-state index in [0.717, 1.165) is 70.6 Å². The zero-order valence-electron chi connectivity index (χ0n) is 28.4. The molecule has 0 saturated carbocycles. The minimum absolute atomic E-state index is 0.0961. The average Bonchev–Trinajstić information content (AvgIpc) is 3.02. The Kier molecular flexibility index (Phi) is 31.3. The van der Waals surface area contributed by atoms with Crippen LogP contribution in [-0.4, -0.2) is 37.2 Å². The Hall–Kier alpha value is -2.63. The number of carbonyl (C=O) groups is 3. The molecule has 0 heterocycles. The number of unbranched alkanes of at least 4 members (excludes halogenated alkanes) is 11. The van der Waals surface area contributed by atoms with Gasteiger partial charge in [0, 0.05) is 19.3 Å². The second-order valence-electron chi connectivity index (χ2n) is 11.4. The molecule has 0 aliphatic carbocycles. The van der Waals surface area contributed by atoms with Gasteiger partial charge in [-0.3, -0.25) is 14.4 Å². The molecule has 0 amide bonds. The lowest BCUT2D eigenvalue weighted by molar-refractivity contribution is -0.166. The molecule has 1 atom stereocenters. The summed E-state index contributed by atoms with van der Waals surface area (Å²) in [7, 11) is 0. The van der Waals surface area contributed by atoms with E-state index in [4.69, 9.17) is 14.2 Å². The summed E-state index contributed by atoms with van der Waals surface area (Å²) in [5.41, 5.74) is 0. The molecule has 6 heteroatoms. The topological polar surface area (TPSA) is 78.9 Å². The lowest BCUT2D eigenvalue weighted by Crippen LogP contribution is -2.30. The summed E-state index contributed by atoms with van der Waals surface area (Å²) in [6, 6.07) is 0. The number of esters is 3. The quantitative estimate of drug-likeness (QED) is 0.0346. The smallest absolute Gasteiger partial charge is 0.306 e. The number of ether oxygens (including phenoxy) is 3. The monoisotopic (exact) mass is 616 g/mol. The molecule has 252 valence electrons. The van der Waals surface area contributed by atoms with Crippen molar-refractivity contribution >= 4 is 17.9 Å². The van der Waals surface area contributed by atoms with Crippen molar-refractivity contribution in [3.8, 4) is 0 Å². The van der Waals surface area contributed by atoms with Crippen LogP contribution < -0.4 is 0 Å². The lowest BCUT2D eigenvalue weighted by Gasteiger charge is -2.18. The zero-order valence-corrected chi connectivity index (χ0v) is 28.4. The molecule has 0 rings (SSSR count). The molecule has 0 N–H and O–H groups in total. The molecule has 0 aliphatic rings. The van der Waals surface area contributed by atoms with Gasteiger partial charge in [-0.25, -0.2) is 0 Å². The molecule has 0 fully saturated rings. The predicted octanol–water partition coefficient (Wildman–Crippen LogP) is 10.5. The number of hydrogen-bond donors (Lipinski definition) is 0. The van der Waals surface area contributed by atoms with Crippen LogP contribution in [0, 0.1) is 0 Å². The Morgan fingerprint density at radius 3 is 1.39 bits per heavy atom. The van der Waals surface area contributed by atoms with E-state index in [1.807, 2.05) is 12.2 Å². The summed E-state index contributed by atoms with van der Waals surface area (Å²) in [4.78, 5) is 37.0. The second kappa shape index (κ2) is 33.3. The molecule has 6 nitrogen and oxygen atoms in total. The third-order valence-electron chi connectivity index (χ3n) is 7.11. The van der Waals surface area contributed by atoms with E-state index < -0.39 is 6.10 Å². The van der Waals surface area contributed by atoms with E-state index >= 15 is 0 Å². The van der Waals surface area contributed by atoms with E-state index in [9.17, 15) is 14.4 Å². The molecule has 0 aromatic heterocycles. The minimum atomic E-state index is -0.790. The molecule has 0 bridgehead atoms. The standard InChI is InChI=1S/C38H64O6/c1-4-7-10-13-15-17-18-19-20-21-23-25-28-31-37(40)43-34-35(33-42-36(39)30-27-24-12-9-6-3)44-38(41)32-29-26-22-16-14-11-8-5-2/h7,10,15,17,19-20,23,25,35H,4-6,8-9,11-14,16,18,21-22,24,26-34H2,1-3H3/b10-7-,17-15-,20-19-,25-23-. The second-order valence-corrected chi connectivity index (χ2v) is 11.4. The highest BCUT2D eigenvalue weighted by atomic mass is 16.6. The van der Waals surface area contributed by atoms with Crippen LogP contribution in [0.25, 0.3) is 0 Å². The molecule has 0 saturated heterocycles. The Balaban J connectivity index is 4.43. The van der Waals surface area contributed by atoms with E-state index in [0.29, 0.717) is 19.3 Å². The molecule has 0 aromatic rings. The van der Waals surface area contributed by atoms with Gasteiger partial charge in [-0.05, 0) is 44.9 Å². The first-order chi connectivity index (χ1) is 21.5. The van der Waals surface area contributed by atoms with Crippen molar-refractivity contribution in [3.05, 3.63) is 48.6 Å². The maximum Gasteiger partial charge on any atom is 0.306 e. The minimum Gasteiger partial charge on any atom is -0.462 e. The molecule has 1 unspecified atom stereocenters. The number of hydrogen-bond acceptors (Lipinski definition) is 6. The van der Waals surface area contributed by atoms with Crippen molar-refractivity contribution < 1.29 is 28.6 Å². The molecule has 0 radical (unpaired) electrons. The number of carbonyl (C=O) groups excluding carboxylic acids is 3. The molecule has 0 aromatic carbocycles. The van der Waals surface area contributed by atoms with Gasteiger partial charge in [-0.1, -0.05) is 140 Å². The fourth-order valence-corrected chi connectivity index (χ4v) is 4.45. The summed E-state index contributed by atoms with van der Waals surface area (Å²) in [6.07, 6.45) is 35.7. The van der Waals surface area contributed by atoms with Crippen molar-refractivity contribution in [2.24, 2.45) is 0 Å². The molecule has 0 aliphatic heterocycles. The SMILES string of the molecule is CC/C=C\C/C=C\C/C=C\C/C=C\CCC(=O)OCC(COC(=O)CCCCCCC)OC(=O)CCCCCCCCCC. The Morgan fingerprint density at radius 1 is 0.477 bits per heavy atom. The first kappa shape index (κ1) is 41.4. The van der Waals surface area contributed by atoms with Crippen LogP contribution in [0.15, 0.2) is 48.6 Å². The Labute approximate surface area is 269 Å². The van der Waals surface area contributed by atoms with Crippen molar-refractivity contribution in [3.63, 3.8) is 0 Å². The van der Waals surface area contributed by atoms with E-state index in [1.54, 1.807) is 0 Å². The molecule has 44 heavy (non-hydrogen) atoms. The number of allylic oxidation sites excluding steroid dienone is 8. The Bertz CT molecular complexity index is 810. The maximum atomic E-state index is 12.5. The van der Waals surface area contributed by atoms with Gasteiger partial charge in [0.25, 0.3) is 0 Å². The Morgan fingerprint density at radius 2 is 0.886 bits per heavy atom. The van der Waals surface area contributed by atoms with E-state index in [-0.39, 0.29) is 37.5 Å². The fourth-order valence-electron chi connectivity index (χ4n) is 4.45. The van der Waals surface area contributed by atoms with Crippen molar-refractivity contribution in [2.45, 2.75) is 162 Å². The summed E-state index contributed by atoms with van der Waals surface area (Å²) in [5.74, 6) is -1.01. The van der Waals surface area contributed by atoms with Crippen LogP contribution in [0.4, 0.5) is 0 Å². The lowest BCUT2D eigenvalue weighted by atomic mass is 10.1. The van der Waals surface area contributed by atoms with Gasteiger partial charge in [0.2, 0.25) is 0 Å². The highest BCUT2D eigenvalue weighted by Crippen LogP contribution is 2.11. The van der Waals surface area contributed by atoms with Crippen LogP contribution >= 0.6 is 0 Å². The first-order valence-corrected chi connectivity index (χ1v) is 17.6. The largest absolute Gasteiger partial charge is 0.462 e. The number of rotatable bonds is 30. The summed E-state index contributed by atoms with van der Waals surface area (Å²) < 4.78 is 16.3. The van der Waals surface area contributed by atoms with Gasteiger partial charge in [-0.15, -0.1) is 0 Å². The van der Waals surface area contributed by atoms with E-state index in [2.05, 4.69) is 57.2 Å². The maximum absolute atomic E-state index is 12.5. The normalized spacial score (nSPS) is 12.5. The highest BCUT2D eigenvalue weighted by molar-refractivity contribution is 5.71. The fraction of sp³-hybridized carbons (Fsp3) is 0.711. The van der Waals surface area contributed by atoms with Gasteiger partial charge in [-0.2, -0.15) is 0 Å². The molecule has 0 spiro atoms. The average molecular weight is 617 g/mol. The molecular formula is C38H64O6. The van der Waals surface area contributed by atoms with Crippen LogP contribution in [0.5, 0.6) is 0 Å². The van der Waals surface area contributed by atoms with Crippen LogP contribution in [0.1, 0.15) is 156 Å². The van der Waals surface area contributed by atoms with Gasteiger partial charge in [0.05, 0.1) is 0 Å². The van der Waals surface area contributed by atoms with E-state index in [1.165, 1.54) is 38.5 Å². The van der Waals surface area contributed by atoms with Gasteiger partial charge < -0.3 is 14.2 Å². The summed E-state index contributed by atoms with van der Waals surface area (Å²) in [5, 5.41) is 0. The van der Waals surface area contributed by atoms with Crippen molar-refractivity contribution in [1.29, 1.82) is 0 Å². The highest BCUT2D eigenvalue weighted by Gasteiger charge is 2.19. The van der Waals surface area contributed by atoms with Gasteiger partial charge >= 0.3 is 17.9 Å². The van der Waals surface area contributed by atoms with Crippen LogP contribution in [0.3, 0.4) is 0 Å².